The van der Waals surface area contributed by atoms with Crippen LogP contribution in [0.15, 0.2) is 23.2 Å². The number of aromatic hydroxyl groups is 1. The topological polar surface area (TPSA) is 49.7 Å². The number of carbonyl (C=O) groups excluding carboxylic acids is 1. The number of rotatable bonds is 2. The van der Waals surface area contributed by atoms with E-state index in [2.05, 4.69) is 4.99 Å². The first-order chi connectivity index (χ1) is 6.68. The Bertz CT molecular complexity index is 415. The van der Waals surface area contributed by atoms with Gasteiger partial charge in [-0.3, -0.25) is 0 Å². The van der Waals surface area contributed by atoms with E-state index in [1.54, 1.807) is 12.1 Å². The number of isocyanates is 1. The van der Waals surface area contributed by atoms with Crippen LogP contribution in [0.25, 0.3) is 0 Å². The zero-order valence-corrected chi connectivity index (χ0v) is 7.95. The molecule has 1 saturated carbocycles. The van der Waals surface area contributed by atoms with E-state index in [4.69, 9.17) is 0 Å². The zero-order chi connectivity index (χ0) is 10.2. The summed E-state index contributed by atoms with van der Waals surface area (Å²) in [6.07, 6.45) is 3.33. The van der Waals surface area contributed by atoms with Gasteiger partial charge in [0.1, 0.15) is 5.75 Å². The van der Waals surface area contributed by atoms with E-state index in [9.17, 15) is 9.90 Å². The van der Waals surface area contributed by atoms with Crippen molar-refractivity contribution in [3.8, 4) is 5.75 Å². The fraction of sp³-hybridized carbons (Fsp3) is 0.364. The monoisotopic (exact) mass is 189 g/mol. The number of hydrogen-bond acceptors (Lipinski definition) is 3. The Labute approximate surface area is 82.1 Å². The Hall–Kier alpha value is -1.60. The van der Waals surface area contributed by atoms with Gasteiger partial charge >= 0.3 is 0 Å². The van der Waals surface area contributed by atoms with Gasteiger partial charge in [-0.2, -0.15) is 4.99 Å². The molecule has 72 valence electrons. The largest absolute Gasteiger partial charge is 0.508 e. The first-order valence-corrected chi connectivity index (χ1v) is 4.57. The van der Waals surface area contributed by atoms with Crippen molar-refractivity contribution in [2.24, 2.45) is 4.99 Å². The number of nitrogens with zero attached hydrogens (tertiary/aromatic N) is 1. The Morgan fingerprint density at radius 3 is 2.71 bits per heavy atom. The van der Waals surface area contributed by atoms with E-state index in [1.165, 1.54) is 0 Å². The summed E-state index contributed by atoms with van der Waals surface area (Å²) in [4.78, 5) is 14.0. The molecule has 3 nitrogen and oxygen atoms in total. The summed E-state index contributed by atoms with van der Waals surface area (Å²) in [6.45, 7) is 1.83. The number of aliphatic imine (C=N–C) groups is 1. The van der Waals surface area contributed by atoms with Crippen molar-refractivity contribution in [3.63, 3.8) is 0 Å². The maximum Gasteiger partial charge on any atom is 0.235 e. The van der Waals surface area contributed by atoms with Crippen LogP contribution in [0.1, 0.15) is 24.0 Å². The molecule has 2 rings (SSSR count). The van der Waals surface area contributed by atoms with Gasteiger partial charge in [-0.05, 0) is 37.0 Å². The smallest absolute Gasteiger partial charge is 0.235 e. The van der Waals surface area contributed by atoms with Gasteiger partial charge < -0.3 is 5.11 Å². The van der Waals surface area contributed by atoms with E-state index in [0.29, 0.717) is 0 Å². The lowest BCUT2D eigenvalue weighted by Gasteiger charge is -2.09. The summed E-state index contributed by atoms with van der Waals surface area (Å²) >= 11 is 0. The van der Waals surface area contributed by atoms with E-state index in [0.717, 1.165) is 24.0 Å². The van der Waals surface area contributed by atoms with Crippen molar-refractivity contribution in [1.82, 2.24) is 0 Å². The second-order valence-electron chi connectivity index (χ2n) is 3.74. The molecule has 1 aliphatic rings. The Balaban J connectivity index is 2.42. The summed E-state index contributed by atoms with van der Waals surface area (Å²) in [7, 11) is 0. The van der Waals surface area contributed by atoms with Gasteiger partial charge in [0.2, 0.25) is 6.08 Å². The summed E-state index contributed by atoms with van der Waals surface area (Å²) in [5.74, 6) is 0.259. The molecule has 3 heteroatoms. The molecule has 0 aliphatic heterocycles. The van der Waals surface area contributed by atoms with Crippen molar-refractivity contribution in [2.75, 3.05) is 0 Å². The lowest BCUT2D eigenvalue weighted by molar-refractivity contribution is 0.469. The molecule has 0 bridgehead atoms. The van der Waals surface area contributed by atoms with Crippen molar-refractivity contribution in [3.05, 3.63) is 29.3 Å². The van der Waals surface area contributed by atoms with Gasteiger partial charge in [-0.1, -0.05) is 12.1 Å². The van der Waals surface area contributed by atoms with Gasteiger partial charge in [0.15, 0.2) is 0 Å². The zero-order valence-electron chi connectivity index (χ0n) is 7.95. The van der Waals surface area contributed by atoms with Crippen LogP contribution in [-0.2, 0) is 10.3 Å². The predicted octanol–water partition coefficient (Wildman–Crippen LogP) is 2.03. The summed E-state index contributed by atoms with van der Waals surface area (Å²) in [5.41, 5.74) is 1.36. The third-order valence-corrected chi connectivity index (χ3v) is 2.73. The number of phenols is 1. The molecule has 0 saturated heterocycles. The average molecular weight is 189 g/mol. The normalized spacial score (nSPS) is 17.2. The number of hydrogen-bond donors (Lipinski definition) is 1. The summed E-state index contributed by atoms with van der Waals surface area (Å²) in [6, 6.07) is 5.43. The molecule has 0 amide bonds. The maximum atomic E-state index is 10.2. The third-order valence-electron chi connectivity index (χ3n) is 2.73. The van der Waals surface area contributed by atoms with Crippen LogP contribution in [0.5, 0.6) is 5.75 Å². The molecule has 1 aromatic rings. The molecule has 14 heavy (non-hydrogen) atoms. The van der Waals surface area contributed by atoms with Crippen LogP contribution in [0, 0.1) is 6.92 Å². The van der Waals surface area contributed by atoms with Gasteiger partial charge in [-0.15, -0.1) is 0 Å². The van der Waals surface area contributed by atoms with Crippen LogP contribution in [0.2, 0.25) is 0 Å². The molecule has 0 spiro atoms. The molecule has 0 unspecified atom stereocenters. The van der Waals surface area contributed by atoms with E-state index in [1.807, 2.05) is 19.1 Å². The van der Waals surface area contributed by atoms with Crippen molar-refractivity contribution < 1.29 is 9.90 Å². The standard InChI is InChI=1S/C11H11NO2/c1-8-2-3-9(6-10(8)14)11(4-5-11)12-7-13/h2-3,6,14H,4-5H2,1H3. The van der Waals surface area contributed by atoms with Crippen LogP contribution in [-0.4, -0.2) is 11.2 Å². The van der Waals surface area contributed by atoms with E-state index >= 15 is 0 Å². The molecule has 0 radical (unpaired) electrons. The SMILES string of the molecule is Cc1ccc(C2(N=C=O)CC2)cc1O. The highest BCUT2D eigenvalue weighted by Crippen LogP contribution is 2.49. The van der Waals surface area contributed by atoms with E-state index < -0.39 is 0 Å². The van der Waals surface area contributed by atoms with Crippen LogP contribution in [0.3, 0.4) is 0 Å². The van der Waals surface area contributed by atoms with Crippen molar-refractivity contribution >= 4 is 6.08 Å². The van der Waals surface area contributed by atoms with Crippen molar-refractivity contribution in [2.45, 2.75) is 25.3 Å². The number of aryl methyl sites for hydroxylation is 1. The molecule has 0 heterocycles. The van der Waals surface area contributed by atoms with E-state index in [-0.39, 0.29) is 11.3 Å². The first-order valence-electron chi connectivity index (χ1n) is 4.57. The average Bonchev–Trinajstić information content (AvgIpc) is 2.91. The highest BCUT2D eigenvalue weighted by Gasteiger charge is 2.44. The molecular weight excluding hydrogens is 178 g/mol. The van der Waals surface area contributed by atoms with Gasteiger partial charge in [0.25, 0.3) is 0 Å². The first kappa shape index (κ1) is 8.97. The third kappa shape index (κ3) is 1.32. The molecule has 1 aromatic carbocycles. The molecule has 0 atom stereocenters. The molecule has 1 fully saturated rings. The lowest BCUT2D eigenvalue weighted by Crippen LogP contribution is -2.01. The van der Waals surface area contributed by atoms with Gasteiger partial charge in [0, 0.05) is 0 Å². The fourth-order valence-corrected chi connectivity index (χ4v) is 1.57. The minimum atomic E-state index is -0.382. The molecule has 1 N–H and O–H groups in total. The second-order valence-corrected chi connectivity index (χ2v) is 3.74. The minimum Gasteiger partial charge on any atom is -0.508 e. The number of benzene rings is 1. The Kier molecular flexibility index (Phi) is 1.90. The quantitative estimate of drug-likeness (QED) is 0.571. The highest BCUT2D eigenvalue weighted by atomic mass is 16.3. The summed E-state index contributed by atoms with van der Waals surface area (Å²) < 4.78 is 0. The molecule has 0 aromatic heterocycles. The van der Waals surface area contributed by atoms with Gasteiger partial charge in [0.05, 0.1) is 5.54 Å². The van der Waals surface area contributed by atoms with Crippen LogP contribution in [0.4, 0.5) is 0 Å². The lowest BCUT2D eigenvalue weighted by atomic mass is 10.0. The van der Waals surface area contributed by atoms with Crippen LogP contribution >= 0.6 is 0 Å². The molecular formula is C11H11NO2. The summed E-state index contributed by atoms with van der Waals surface area (Å²) in [5, 5.41) is 9.52. The van der Waals surface area contributed by atoms with Gasteiger partial charge in [-0.25, -0.2) is 4.79 Å². The maximum absolute atomic E-state index is 10.2. The Morgan fingerprint density at radius 2 is 2.21 bits per heavy atom. The highest BCUT2D eigenvalue weighted by molar-refractivity contribution is 5.45. The van der Waals surface area contributed by atoms with Crippen molar-refractivity contribution in [1.29, 1.82) is 0 Å². The Morgan fingerprint density at radius 1 is 1.50 bits per heavy atom. The van der Waals surface area contributed by atoms with Crippen LogP contribution < -0.4 is 0 Å². The second kappa shape index (κ2) is 2.96. The minimum absolute atomic E-state index is 0.259. The fourth-order valence-electron chi connectivity index (χ4n) is 1.57. The predicted molar refractivity (Wildman–Crippen MR) is 51.9 cm³/mol. The molecule has 1 aliphatic carbocycles. The number of phenolic OH excluding ortho intramolecular Hbond substituents is 1.